The average molecular weight is 279 g/mol. The molecule has 80 valence electrons. The summed E-state index contributed by atoms with van der Waals surface area (Å²) in [5.74, 6) is 0. The molecular weight excluding hydrogens is 273 g/mol. The molecule has 1 aromatic heterocycles. The Morgan fingerprint density at radius 1 is 1.33 bits per heavy atom. The third-order valence-electron chi connectivity index (χ3n) is 2.14. The normalized spacial score (nSPS) is 12.3. The van der Waals surface area contributed by atoms with Gasteiger partial charge in [-0.15, -0.1) is 0 Å². The van der Waals surface area contributed by atoms with Crippen molar-refractivity contribution < 1.29 is 13.2 Å². The number of benzene rings is 1. The Bertz CT molecular complexity index is 516. The lowest BCUT2D eigenvalue weighted by Gasteiger charge is -2.09. The molecule has 1 aromatic carbocycles. The number of rotatable bonds is 0. The van der Waals surface area contributed by atoms with Gasteiger partial charge in [0.2, 0.25) is 0 Å². The van der Waals surface area contributed by atoms with Gasteiger partial charge < -0.3 is 0 Å². The second-order valence-electron chi connectivity index (χ2n) is 3.16. The highest BCUT2D eigenvalue weighted by Crippen LogP contribution is 2.36. The molecule has 0 amide bonds. The molecular formula is C9H6BrF3N2. The Kier molecular flexibility index (Phi) is 2.26. The third kappa shape index (κ3) is 1.73. The molecule has 0 saturated heterocycles. The van der Waals surface area contributed by atoms with Crippen LogP contribution < -0.4 is 0 Å². The second kappa shape index (κ2) is 3.23. The minimum absolute atomic E-state index is 0.0375. The van der Waals surface area contributed by atoms with Crippen molar-refractivity contribution in [3.8, 4) is 0 Å². The maximum absolute atomic E-state index is 12.6. The van der Waals surface area contributed by atoms with Gasteiger partial charge in [-0.2, -0.15) is 18.3 Å². The molecule has 15 heavy (non-hydrogen) atoms. The molecule has 0 atom stereocenters. The van der Waals surface area contributed by atoms with Gasteiger partial charge in [0.15, 0.2) is 0 Å². The zero-order valence-corrected chi connectivity index (χ0v) is 9.22. The topological polar surface area (TPSA) is 17.8 Å². The Labute approximate surface area is 91.8 Å². The molecule has 1 heterocycles. The van der Waals surface area contributed by atoms with Crippen molar-refractivity contribution in [3.05, 3.63) is 28.4 Å². The molecule has 0 saturated carbocycles. The van der Waals surface area contributed by atoms with Crippen LogP contribution in [0.3, 0.4) is 0 Å². The van der Waals surface area contributed by atoms with Crippen LogP contribution in [0.1, 0.15) is 5.56 Å². The van der Waals surface area contributed by atoms with E-state index in [9.17, 15) is 13.2 Å². The van der Waals surface area contributed by atoms with Gasteiger partial charge in [0.1, 0.15) is 0 Å². The highest BCUT2D eigenvalue weighted by molar-refractivity contribution is 9.10. The number of aryl methyl sites for hydroxylation is 1. The van der Waals surface area contributed by atoms with Gasteiger partial charge in [-0.25, -0.2) is 0 Å². The van der Waals surface area contributed by atoms with Gasteiger partial charge in [0.25, 0.3) is 0 Å². The average Bonchev–Trinajstić information content (AvgIpc) is 2.44. The van der Waals surface area contributed by atoms with E-state index in [1.807, 2.05) is 0 Å². The minimum Gasteiger partial charge on any atom is -0.268 e. The molecule has 2 rings (SSSR count). The summed E-state index contributed by atoms with van der Waals surface area (Å²) >= 11 is 2.91. The molecule has 0 aliphatic carbocycles. The SMILES string of the molecule is Cn1ncc2cc(Br)c(C(F)(F)F)cc21. The minimum atomic E-state index is -4.35. The standard InChI is InChI=1S/C9H6BrF3N2/c1-15-8-3-6(9(11,12)13)7(10)2-5(8)4-14-15/h2-4H,1H3. The van der Waals surface area contributed by atoms with Crippen LogP contribution in [0.2, 0.25) is 0 Å². The van der Waals surface area contributed by atoms with Crippen LogP contribution in [0, 0.1) is 0 Å². The van der Waals surface area contributed by atoms with Crippen molar-refractivity contribution in [1.29, 1.82) is 0 Å². The van der Waals surface area contributed by atoms with E-state index in [0.717, 1.165) is 6.07 Å². The molecule has 2 aromatic rings. The van der Waals surface area contributed by atoms with E-state index in [1.54, 1.807) is 7.05 Å². The van der Waals surface area contributed by atoms with E-state index in [1.165, 1.54) is 16.9 Å². The summed E-state index contributed by atoms with van der Waals surface area (Å²) in [4.78, 5) is 0. The van der Waals surface area contributed by atoms with E-state index in [2.05, 4.69) is 21.0 Å². The number of hydrogen-bond acceptors (Lipinski definition) is 1. The first-order chi connectivity index (χ1) is 6.89. The maximum Gasteiger partial charge on any atom is 0.417 e. The van der Waals surface area contributed by atoms with Crippen LogP contribution in [0.15, 0.2) is 22.8 Å². The van der Waals surface area contributed by atoms with Gasteiger partial charge >= 0.3 is 6.18 Å². The highest BCUT2D eigenvalue weighted by Gasteiger charge is 2.33. The predicted octanol–water partition coefficient (Wildman–Crippen LogP) is 3.35. The highest BCUT2D eigenvalue weighted by atomic mass is 79.9. The van der Waals surface area contributed by atoms with E-state index >= 15 is 0 Å². The van der Waals surface area contributed by atoms with Gasteiger partial charge in [-0.05, 0) is 12.1 Å². The van der Waals surface area contributed by atoms with E-state index in [4.69, 9.17) is 0 Å². The molecule has 0 aliphatic rings. The monoisotopic (exact) mass is 278 g/mol. The number of fused-ring (bicyclic) bond motifs is 1. The largest absolute Gasteiger partial charge is 0.417 e. The van der Waals surface area contributed by atoms with Crippen LogP contribution in [0.5, 0.6) is 0 Å². The summed E-state index contributed by atoms with van der Waals surface area (Å²) in [7, 11) is 1.61. The van der Waals surface area contributed by atoms with Gasteiger partial charge in [-0.3, -0.25) is 4.68 Å². The number of aromatic nitrogens is 2. The Hall–Kier alpha value is -1.04. The lowest BCUT2D eigenvalue weighted by Crippen LogP contribution is -2.06. The number of halogens is 4. The van der Waals surface area contributed by atoms with Crippen molar-refractivity contribution >= 4 is 26.8 Å². The molecule has 0 unspecified atom stereocenters. The quantitative estimate of drug-likeness (QED) is 0.723. The lowest BCUT2D eigenvalue weighted by molar-refractivity contribution is -0.138. The Balaban J connectivity index is 2.76. The molecule has 0 N–H and O–H groups in total. The smallest absolute Gasteiger partial charge is 0.268 e. The zero-order chi connectivity index (χ0) is 11.2. The molecule has 2 nitrogen and oxygen atoms in total. The summed E-state index contributed by atoms with van der Waals surface area (Å²) in [5.41, 5.74) is -0.218. The van der Waals surface area contributed by atoms with E-state index < -0.39 is 11.7 Å². The second-order valence-corrected chi connectivity index (χ2v) is 4.01. The van der Waals surface area contributed by atoms with E-state index in [-0.39, 0.29) is 4.47 Å². The van der Waals surface area contributed by atoms with Crippen molar-refractivity contribution in [2.45, 2.75) is 6.18 Å². The maximum atomic E-state index is 12.6. The first kappa shape index (κ1) is 10.5. The molecule has 0 spiro atoms. The summed E-state index contributed by atoms with van der Waals surface area (Å²) in [6.07, 6.45) is -2.82. The van der Waals surface area contributed by atoms with Gasteiger partial charge in [0, 0.05) is 16.9 Å². The van der Waals surface area contributed by atoms with Crippen molar-refractivity contribution in [2.75, 3.05) is 0 Å². The number of alkyl halides is 3. The fourth-order valence-electron chi connectivity index (χ4n) is 1.39. The fraction of sp³-hybridized carbons (Fsp3) is 0.222. The van der Waals surface area contributed by atoms with Crippen LogP contribution in [-0.4, -0.2) is 9.78 Å². The van der Waals surface area contributed by atoms with E-state index in [0.29, 0.717) is 10.9 Å². The van der Waals surface area contributed by atoms with Gasteiger partial charge in [-0.1, -0.05) is 15.9 Å². The number of hydrogen-bond donors (Lipinski definition) is 0. The Morgan fingerprint density at radius 2 is 2.00 bits per heavy atom. The third-order valence-corrected chi connectivity index (χ3v) is 2.80. The number of nitrogens with zero attached hydrogens (tertiary/aromatic N) is 2. The molecule has 0 bridgehead atoms. The molecule has 0 fully saturated rings. The molecule has 6 heteroatoms. The summed E-state index contributed by atoms with van der Waals surface area (Å²) in [6.45, 7) is 0. The Morgan fingerprint density at radius 3 is 2.60 bits per heavy atom. The predicted molar refractivity (Wildman–Crippen MR) is 53.4 cm³/mol. The molecule has 0 radical (unpaired) electrons. The van der Waals surface area contributed by atoms with Crippen LogP contribution in [0.4, 0.5) is 13.2 Å². The lowest BCUT2D eigenvalue weighted by atomic mass is 10.1. The van der Waals surface area contributed by atoms with Crippen molar-refractivity contribution in [1.82, 2.24) is 9.78 Å². The van der Waals surface area contributed by atoms with Crippen LogP contribution in [-0.2, 0) is 13.2 Å². The first-order valence-electron chi connectivity index (χ1n) is 4.08. The van der Waals surface area contributed by atoms with Crippen LogP contribution >= 0.6 is 15.9 Å². The molecule has 0 aliphatic heterocycles. The zero-order valence-electron chi connectivity index (χ0n) is 7.64. The summed E-state index contributed by atoms with van der Waals surface area (Å²) in [6, 6.07) is 2.51. The van der Waals surface area contributed by atoms with Gasteiger partial charge in [0.05, 0.1) is 17.3 Å². The fourth-order valence-corrected chi connectivity index (χ4v) is 1.97. The first-order valence-corrected chi connectivity index (χ1v) is 4.87. The summed E-state index contributed by atoms with van der Waals surface area (Å²) in [5, 5.41) is 4.57. The summed E-state index contributed by atoms with van der Waals surface area (Å²) < 4.78 is 39.1. The van der Waals surface area contributed by atoms with Crippen molar-refractivity contribution in [3.63, 3.8) is 0 Å². The van der Waals surface area contributed by atoms with Crippen LogP contribution in [0.25, 0.3) is 10.9 Å². The van der Waals surface area contributed by atoms with Crippen molar-refractivity contribution in [2.24, 2.45) is 7.05 Å².